The van der Waals surface area contributed by atoms with Gasteiger partial charge in [-0.15, -0.1) is 0 Å². The van der Waals surface area contributed by atoms with Crippen molar-refractivity contribution in [2.24, 2.45) is 0 Å². The van der Waals surface area contributed by atoms with E-state index in [4.69, 9.17) is 26.3 Å². The standard InChI is InChI=1S/C34H36ClF2N5O/c35-29-15-28-33(32(37)31(29)26-5-3-4-20-7-8-21(36)14-27(20)26)39-30(40-34(28)41-16-22-9-10-23(17-41)38-22)6-1-2-13-42-24-11-12-25(42)19-43-18-24/h3-5,7-8,14-15,22-25,38H,1-2,6,9-13,16-19H2. The highest BCUT2D eigenvalue weighted by Crippen LogP contribution is 2.41. The zero-order chi connectivity index (χ0) is 29.1. The maximum Gasteiger partial charge on any atom is 0.158 e. The number of morpholine rings is 1. The molecule has 0 radical (unpaired) electrons. The quantitative estimate of drug-likeness (QED) is 0.243. The van der Waals surface area contributed by atoms with Crippen molar-refractivity contribution in [3.8, 4) is 11.1 Å². The average molecular weight is 604 g/mol. The SMILES string of the molecule is Fc1ccc2cccc(-c3c(Cl)cc4c(N5CC6CCC(C5)N6)nc(CCCCN5C6CCC5COC6)nc4c3F)c2c1. The fraction of sp³-hybridized carbons (Fsp3) is 0.471. The number of nitrogens with zero attached hydrogens (tertiary/aromatic N) is 4. The average Bonchev–Trinajstić information content (AvgIpc) is 3.45. The van der Waals surface area contributed by atoms with Crippen LogP contribution in [0.5, 0.6) is 0 Å². The van der Waals surface area contributed by atoms with Gasteiger partial charge in [0.1, 0.15) is 23.0 Å². The summed E-state index contributed by atoms with van der Waals surface area (Å²) in [4.78, 5) is 14.8. The predicted molar refractivity (Wildman–Crippen MR) is 167 cm³/mol. The van der Waals surface area contributed by atoms with Gasteiger partial charge >= 0.3 is 0 Å². The van der Waals surface area contributed by atoms with Crippen molar-refractivity contribution in [2.75, 3.05) is 37.7 Å². The van der Waals surface area contributed by atoms with Crippen LogP contribution in [0.4, 0.5) is 14.6 Å². The van der Waals surface area contributed by atoms with Gasteiger partial charge in [0.05, 0.1) is 18.2 Å². The van der Waals surface area contributed by atoms with E-state index in [-0.39, 0.29) is 21.9 Å². The molecule has 4 bridgehead atoms. The van der Waals surface area contributed by atoms with Crippen molar-refractivity contribution in [1.29, 1.82) is 0 Å². The second kappa shape index (κ2) is 11.2. The van der Waals surface area contributed by atoms with E-state index in [0.29, 0.717) is 52.7 Å². The van der Waals surface area contributed by atoms with Crippen LogP contribution >= 0.6 is 11.6 Å². The van der Waals surface area contributed by atoms with Crippen LogP contribution in [0.1, 0.15) is 44.3 Å². The van der Waals surface area contributed by atoms with Crippen LogP contribution in [0.25, 0.3) is 32.8 Å². The molecule has 224 valence electrons. The molecule has 4 unspecified atom stereocenters. The van der Waals surface area contributed by atoms with Crippen molar-refractivity contribution in [2.45, 2.75) is 69.1 Å². The summed E-state index contributed by atoms with van der Waals surface area (Å²) in [6.07, 6.45) is 7.37. The number of anilines is 1. The lowest BCUT2D eigenvalue weighted by Gasteiger charge is -2.35. The maximum atomic E-state index is 16.7. The maximum absolute atomic E-state index is 16.7. The van der Waals surface area contributed by atoms with Crippen LogP contribution in [-0.2, 0) is 11.2 Å². The molecule has 9 heteroatoms. The van der Waals surface area contributed by atoms with Gasteiger partial charge in [0, 0.05) is 54.6 Å². The molecule has 0 amide bonds. The number of ether oxygens (including phenoxy) is 1. The number of nitrogens with one attached hydrogen (secondary N) is 1. The lowest BCUT2D eigenvalue weighted by atomic mass is 9.96. The summed E-state index contributed by atoms with van der Waals surface area (Å²) in [5.41, 5.74) is 1.09. The van der Waals surface area contributed by atoms with Crippen molar-refractivity contribution < 1.29 is 13.5 Å². The second-order valence-electron chi connectivity index (χ2n) is 12.7. The fourth-order valence-corrected chi connectivity index (χ4v) is 8.21. The number of hydrogen-bond acceptors (Lipinski definition) is 6. The number of halogens is 3. The monoisotopic (exact) mass is 603 g/mol. The molecule has 4 fully saturated rings. The summed E-state index contributed by atoms with van der Waals surface area (Å²) in [5.74, 6) is 0.574. The first-order valence-electron chi connectivity index (χ1n) is 15.7. The predicted octanol–water partition coefficient (Wildman–Crippen LogP) is 6.51. The fourth-order valence-electron chi connectivity index (χ4n) is 7.91. The van der Waals surface area contributed by atoms with E-state index in [0.717, 1.165) is 69.7 Å². The molecule has 8 rings (SSSR count). The highest BCUT2D eigenvalue weighted by atomic mass is 35.5. The van der Waals surface area contributed by atoms with Gasteiger partial charge in [0.25, 0.3) is 0 Å². The molecule has 4 aliphatic heterocycles. The molecule has 0 saturated carbocycles. The molecule has 4 atom stereocenters. The van der Waals surface area contributed by atoms with E-state index < -0.39 is 5.82 Å². The molecule has 4 saturated heterocycles. The Bertz CT molecular complexity index is 1670. The van der Waals surface area contributed by atoms with E-state index >= 15 is 4.39 Å². The minimum atomic E-state index is -0.479. The first kappa shape index (κ1) is 27.6. The summed E-state index contributed by atoms with van der Waals surface area (Å²) >= 11 is 6.87. The Balaban J connectivity index is 1.16. The summed E-state index contributed by atoms with van der Waals surface area (Å²) in [6.45, 7) is 4.38. The van der Waals surface area contributed by atoms with Crippen molar-refractivity contribution in [3.05, 3.63) is 64.9 Å². The zero-order valence-corrected chi connectivity index (χ0v) is 24.9. The smallest absolute Gasteiger partial charge is 0.158 e. The number of hydrogen-bond donors (Lipinski definition) is 1. The van der Waals surface area contributed by atoms with E-state index in [2.05, 4.69) is 15.1 Å². The Kier molecular flexibility index (Phi) is 7.21. The van der Waals surface area contributed by atoms with Crippen molar-refractivity contribution >= 4 is 39.1 Å². The van der Waals surface area contributed by atoms with E-state index in [1.807, 2.05) is 18.2 Å². The number of benzene rings is 3. The van der Waals surface area contributed by atoms with Crippen LogP contribution in [-0.4, -0.2) is 71.9 Å². The third-order valence-corrected chi connectivity index (χ3v) is 10.3. The third kappa shape index (κ3) is 5.06. The Hall–Kier alpha value is -2.91. The lowest BCUT2D eigenvalue weighted by Crippen LogP contribution is -2.51. The molecular formula is C34H36ClF2N5O. The molecular weight excluding hydrogens is 568 g/mol. The van der Waals surface area contributed by atoms with E-state index in [1.54, 1.807) is 12.1 Å². The number of fused-ring (bicyclic) bond motifs is 6. The van der Waals surface area contributed by atoms with Gasteiger partial charge in [-0.1, -0.05) is 35.9 Å². The molecule has 6 nitrogen and oxygen atoms in total. The van der Waals surface area contributed by atoms with Gasteiger partial charge in [-0.3, -0.25) is 4.90 Å². The Morgan fingerprint density at radius 2 is 1.70 bits per heavy atom. The first-order valence-corrected chi connectivity index (χ1v) is 16.1. The highest BCUT2D eigenvalue weighted by Gasteiger charge is 2.37. The van der Waals surface area contributed by atoms with Crippen molar-refractivity contribution in [1.82, 2.24) is 20.2 Å². The zero-order valence-electron chi connectivity index (χ0n) is 24.2. The van der Waals surface area contributed by atoms with Gasteiger partial charge in [-0.2, -0.15) is 0 Å². The molecule has 4 aliphatic rings. The number of aromatic nitrogens is 2. The van der Waals surface area contributed by atoms with E-state index in [9.17, 15) is 4.39 Å². The molecule has 3 aromatic carbocycles. The Labute approximate surface area is 255 Å². The Morgan fingerprint density at radius 3 is 2.49 bits per heavy atom. The summed E-state index contributed by atoms with van der Waals surface area (Å²) in [7, 11) is 0. The van der Waals surface area contributed by atoms with Crippen LogP contribution < -0.4 is 10.2 Å². The normalized spacial score (nSPS) is 25.3. The van der Waals surface area contributed by atoms with E-state index in [1.165, 1.54) is 25.0 Å². The van der Waals surface area contributed by atoms with Gasteiger partial charge in [0.15, 0.2) is 5.82 Å². The largest absolute Gasteiger partial charge is 0.378 e. The molecule has 1 N–H and O–H groups in total. The molecule has 5 heterocycles. The lowest BCUT2D eigenvalue weighted by molar-refractivity contribution is -0.0149. The number of aryl methyl sites for hydroxylation is 1. The number of piperazine rings is 1. The van der Waals surface area contributed by atoms with Gasteiger partial charge in [-0.25, -0.2) is 18.7 Å². The Morgan fingerprint density at radius 1 is 0.907 bits per heavy atom. The van der Waals surface area contributed by atoms with Gasteiger partial charge in [-0.05, 0) is 79.6 Å². The summed E-state index contributed by atoms with van der Waals surface area (Å²) in [6, 6.07) is 13.8. The van der Waals surface area contributed by atoms with Gasteiger partial charge < -0.3 is 15.0 Å². The third-order valence-electron chi connectivity index (χ3n) is 10.00. The second-order valence-corrected chi connectivity index (χ2v) is 13.1. The molecule has 0 spiro atoms. The van der Waals surface area contributed by atoms with Crippen molar-refractivity contribution in [3.63, 3.8) is 0 Å². The minimum absolute atomic E-state index is 0.254. The number of unbranched alkanes of at least 4 members (excludes halogenated alkanes) is 1. The topological polar surface area (TPSA) is 53.5 Å². The highest BCUT2D eigenvalue weighted by molar-refractivity contribution is 6.35. The van der Waals surface area contributed by atoms with Crippen LogP contribution in [0.2, 0.25) is 5.02 Å². The van der Waals surface area contributed by atoms with Crippen LogP contribution in [0, 0.1) is 11.6 Å². The van der Waals surface area contributed by atoms with Gasteiger partial charge in [0.2, 0.25) is 0 Å². The minimum Gasteiger partial charge on any atom is -0.378 e. The number of rotatable bonds is 7. The summed E-state index contributed by atoms with van der Waals surface area (Å²) < 4.78 is 36.8. The molecule has 4 aromatic rings. The summed E-state index contributed by atoms with van der Waals surface area (Å²) in [5, 5.41) is 6.03. The molecule has 43 heavy (non-hydrogen) atoms. The molecule has 0 aliphatic carbocycles. The van der Waals surface area contributed by atoms with Crippen LogP contribution in [0.3, 0.4) is 0 Å². The first-order chi connectivity index (χ1) is 21.0. The van der Waals surface area contributed by atoms with Crippen LogP contribution in [0.15, 0.2) is 42.5 Å². The molecule has 1 aromatic heterocycles.